The van der Waals surface area contributed by atoms with Gasteiger partial charge in [0.1, 0.15) is 16.8 Å². The molecule has 0 bridgehead atoms. The summed E-state index contributed by atoms with van der Waals surface area (Å²) in [6.07, 6.45) is 8.22. The third-order valence-corrected chi connectivity index (χ3v) is 4.05. The Labute approximate surface area is 131 Å². The number of halogens is 1. The minimum atomic E-state index is -0.922. The molecular weight excluding hydrogens is 308 g/mol. The van der Waals surface area contributed by atoms with Crippen LogP contribution in [0.4, 0.5) is 0 Å². The zero-order valence-corrected chi connectivity index (χ0v) is 12.5. The summed E-state index contributed by atoms with van der Waals surface area (Å²) in [7, 11) is 0. The minimum Gasteiger partial charge on any atom is -0.494 e. The molecule has 0 aromatic carbocycles. The lowest BCUT2D eigenvalue weighted by atomic mass is 9.88. The van der Waals surface area contributed by atoms with Crippen LogP contribution >= 0.6 is 11.6 Å². The van der Waals surface area contributed by atoms with Crippen molar-refractivity contribution in [1.82, 2.24) is 5.32 Å². The van der Waals surface area contributed by atoms with E-state index in [1.165, 1.54) is 0 Å². The van der Waals surface area contributed by atoms with Crippen LogP contribution in [-0.2, 0) is 9.53 Å². The molecule has 2 aliphatic carbocycles. The first-order chi connectivity index (χ1) is 10.5. The van der Waals surface area contributed by atoms with Gasteiger partial charge in [0, 0.05) is 5.57 Å². The first-order valence-electron chi connectivity index (χ1n) is 6.80. The van der Waals surface area contributed by atoms with Gasteiger partial charge in [0.15, 0.2) is 5.78 Å². The summed E-state index contributed by atoms with van der Waals surface area (Å²) in [4.78, 5) is 22.4. The van der Waals surface area contributed by atoms with Crippen molar-refractivity contribution >= 4 is 17.4 Å². The molecule has 22 heavy (non-hydrogen) atoms. The molecule has 0 saturated carbocycles. The average molecular weight is 321 g/mol. The van der Waals surface area contributed by atoms with E-state index in [4.69, 9.17) is 16.3 Å². The molecule has 1 aliphatic heterocycles. The highest BCUT2D eigenvalue weighted by Crippen LogP contribution is 2.34. The number of ether oxygens (including phenoxy) is 1. The number of hydrogen-bond acceptors (Lipinski definition) is 5. The molecule has 2 unspecified atom stereocenters. The van der Waals surface area contributed by atoms with Crippen LogP contribution in [0.25, 0.3) is 0 Å². The zero-order valence-electron chi connectivity index (χ0n) is 11.7. The van der Waals surface area contributed by atoms with Crippen molar-refractivity contribution in [3.8, 4) is 0 Å². The molecule has 0 amide bonds. The SMILES string of the molecule is CCOC1=CC2=CC3=C(NC2C=C1)C([N+](=O)[O-])=CC(=O)C3Cl. The molecule has 6 nitrogen and oxygen atoms in total. The van der Waals surface area contributed by atoms with Crippen LogP contribution in [0, 0.1) is 10.1 Å². The highest BCUT2D eigenvalue weighted by Gasteiger charge is 2.38. The van der Waals surface area contributed by atoms with Gasteiger partial charge in [-0.15, -0.1) is 11.6 Å². The number of nitrogens with zero attached hydrogens (tertiary/aromatic N) is 1. The van der Waals surface area contributed by atoms with E-state index in [1.54, 1.807) is 6.08 Å². The van der Waals surface area contributed by atoms with Gasteiger partial charge in [-0.1, -0.05) is 6.08 Å². The largest absolute Gasteiger partial charge is 0.494 e. The van der Waals surface area contributed by atoms with Crippen molar-refractivity contribution in [2.75, 3.05) is 6.61 Å². The second-order valence-electron chi connectivity index (χ2n) is 4.99. The van der Waals surface area contributed by atoms with Gasteiger partial charge in [-0.05, 0) is 30.7 Å². The zero-order chi connectivity index (χ0) is 15.9. The Morgan fingerprint density at radius 1 is 1.41 bits per heavy atom. The molecular formula is C15H13ClN2O4. The maximum absolute atomic E-state index is 11.8. The maximum Gasteiger partial charge on any atom is 0.296 e. The van der Waals surface area contributed by atoms with Gasteiger partial charge in [-0.2, -0.15) is 0 Å². The van der Waals surface area contributed by atoms with Gasteiger partial charge in [0.05, 0.1) is 23.6 Å². The third kappa shape index (κ3) is 2.35. The van der Waals surface area contributed by atoms with Crippen molar-refractivity contribution in [1.29, 1.82) is 0 Å². The van der Waals surface area contributed by atoms with Gasteiger partial charge in [-0.25, -0.2) is 0 Å². The predicted molar refractivity (Wildman–Crippen MR) is 80.6 cm³/mol. The number of dihydropyridines is 1. The first-order valence-corrected chi connectivity index (χ1v) is 7.24. The molecule has 7 heteroatoms. The number of allylic oxidation sites excluding steroid dienone is 4. The lowest BCUT2D eigenvalue weighted by Gasteiger charge is -2.30. The Kier molecular flexibility index (Phi) is 3.62. The van der Waals surface area contributed by atoms with E-state index in [9.17, 15) is 14.9 Å². The van der Waals surface area contributed by atoms with E-state index in [2.05, 4.69) is 5.32 Å². The topological polar surface area (TPSA) is 81.5 Å². The molecule has 1 heterocycles. The molecule has 0 radical (unpaired) electrons. The van der Waals surface area contributed by atoms with E-state index in [1.807, 2.05) is 25.2 Å². The number of carbonyl (C=O) groups is 1. The van der Waals surface area contributed by atoms with E-state index in [0.717, 1.165) is 11.6 Å². The Morgan fingerprint density at radius 2 is 2.18 bits per heavy atom. The number of nitrogens with one attached hydrogen (secondary N) is 1. The second-order valence-corrected chi connectivity index (χ2v) is 5.42. The molecule has 0 spiro atoms. The Balaban J connectivity index is 2.05. The van der Waals surface area contributed by atoms with Gasteiger partial charge in [0.2, 0.25) is 0 Å². The third-order valence-electron chi connectivity index (χ3n) is 3.60. The van der Waals surface area contributed by atoms with Crippen LogP contribution in [0.3, 0.4) is 0 Å². The number of nitro groups is 1. The quantitative estimate of drug-likeness (QED) is 0.488. The number of rotatable bonds is 3. The fraction of sp³-hybridized carbons (Fsp3) is 0.267. The Bertz CT molecular complexity index is 715. The van der Waals surface area contributed by atoms with Crippen LogP contribution < -0.4 is 5.32 Å². The predicted octanol–water partition coefficient (Wildman–Crippen LogP) is 1.98. The van der Waals surface area contributed by atoms with E-state index in [0.29, 0.717) is 23.6 Å². The maximum atomic E-state index is 11.8. The van der Waals surface area contributed by atoms with Crippen molar-refractivity contribution in [2.45, 2.75) is 18.3 Å². The number of hydrogen-bond donors (Lipinski definition) is 1. The molecule has 0 fully saturated rings. The smallest absolute Gasteiger partial charge is 0.296 e. The normalized spacial score (nSPS) is 26.3. The van der Waals surface area contributed by atoms with E-state index in [-0.39, 0.29) is 11.7 Å². The molecule has 114 valence electrons. The number of carbonyl (C=O) groups excluding carboxylic acids is 1. The van der Waals surface area contributed by atoms with Crippen molar-refractivity contribution in [3.63, 3.8) is 0 Å². The van der Waals surface area contributed by atoms with Gasteiger partial charge in [0.25, 0.3) is 5.70 Å². The van der Waals surface area contributed by atoms with Crippen molar-refractivity contribution in [2.24, 2.45) is 0 Å². The molecule has 0 aromatic rings. The molecule has 0 aromatic heterocycles. The Hall–Kier alpha value is -2.34. The van der Waals surface area contributed by atoms with Gasteiger partial charge in [-0.3, -0.25) is 14.9 Å². The standard InChI is InChI=1S/C15H13ClN2O4/c1-2-22-9-3-4-11-8(5-9)6-10-14(16)13(19)7-12(18(20)21)15(10)17-11/h3-7,11,14,17H,2H2,1H3. The van der Waals surface area contributed by atoms with Gasteiger partial charge < -0.3 is 10.1 Å². The summed E-state index contributed by atoms with van der Waals surface area (Å²) < 4.78 is 5.45. The fourth-order valence-corrected chi connectivity index (χ4v) is 2.85. The lowest BCUT2D eigenvalue weighted by molar-refractivity contribution is -0.421. The fourth-order valence-electron chi connectivity index (χ4n) is 2.61. The lowest BCUT2D eigenvalue weighted by Crippen LogP contribution is -2.39. The number of alkyl halides is 1. The van der Waals surface area contributed by atoms with Crippen LogP contribution in [0.15, 0.2) is 58.7 Å². The van der Waals surface area contributed by atoms with Crippen LogP contribution in [0.1, 0.15) is 6.92 Å². The minimum absolute atomic E-state index is 0.205. The molecule has 0 saturated heterocycles. The number of fused-ring (bicyclic) bond motifs is 1. The average Bonchev–Trinajstić information content (AvgIpc) is 2.49. The Morgan fingerprint density at radius 3 is 2.86 bits per heavy atom. The summed E-state index contributed by atoms with van der Waals surface area (Å²) in [6, 6.07) is -0.205. The van der Waals surface area contributed by atoms with Crippen molar-refractivity contribution in [3.05, 3.63) is 68.8 Å². The molecule has 2 atom stereocenters. The highest BCUT2D eigenvalue weighted by atomic mass is 35.5. The van der Waals surface area contributed by atoms with Crippen LogP contribution in [0.2, 0.25) is 0 Å². The summed E-state index contributed by atoms with van der Waals surface area (Å²) >= 11 is 6.11. The van der Waals surface area contributed by atoms with E-state index < -0.39 is 16.1 Å². The van der Waals surface area contributed by atoms with Gasteiger partial charge >= 0.3 is 0 Å². The van der Waals surface area contributed by atoms with E-state index >= 15 is 0 Å². The summed E-state index contributed by atoms with van der Waals surface area (Å²) in [6.45, 7) is 2.43. The monoisotopic (exact) mass is 320 g/mol. The first kappa shape index (κ1) is 14.6. The summed E-state index contributed by atoms with van der Waals surface area (Å²) in [5, 5.41) is 13.3. The molecule has 3 rings (SSSR count). The number of ketones is 1. The summed E-state index contributed by atoms with van der Waals surface area (Å²) in [5.74, 6) is 0.221. The summed E-state index contributed by atoms with van der Waals surface area (Å²) in [5.41, 5.74) is 1.33. The highest BCUT2D eigenvalue weighted by molar-refractivity contribution is 6.35. The molecule has 1 N–H and O–H groups in total. The van der Waals surface area contributed by atoms with Crippen LogP contribution in [0.5, 0.6) is 0 Å². The second kappa shape index (κ2) is 5.46. The molecule has 3 aliphatic rings. The van der Waals surface area contributed by atoms with Crippen LogP contribution in [-0.4, -0.2) is 28.7 Å². The van der Waals surface area contributed by atoms with Crippen molar-refractivity contribution < 1.29 is 14.5 Å².